The van der Waals surface area contributed by atoms with Crippen molar-refractivity contribution >= 4 is 17.6 Å². The lowest BCUT2D eigenvalue weighted by Gasteiger charge is -2.07. The average molecular weight is 317 g/mol. The Labute approximate surface area is 124 Å². The van der Waals surface area contributed by atoms with Gasteiger partial charge in [0.05, 0.1) is 12.3 Å². The number of halogens is 3. The molecule has 5 nitrogen and oxygen atoms in total. The van der Waals surface area contributed by atoms with Gasteiger partial charge in [-0.3, -0.25) is 0 Å². The van der Waals surface area contributed by atoms with Gasteiger partial charge in [-0.2, -0.15) is 13.9 Å². The van der Waals surface area contributed by atoms with E-state index in [1.165, 1.54) is 0 Å². The van der Waals surface area contributed by atoms with E-state index in [0.29, 0.717) is 10.7 Å². The molecule has 8 heteroatoms. The molecule has 1 heterocycles. The fourth-order valence-corrected chi connectivity index (χ4v) is 1.74. The Hall–Kier alpha value is -2.15. The highest BCUT2D eigenvalue weighted by Crippen LogP contribution is 2.23. The molecule has 1 aromatic carbocycles. The highest BCUT2D eigenvalue weighted by Gasteiger charge is 2.19. The maximum Gasteiger partial charge on any atom is 0.388 e. The van der Waals surface area contributed by atoms with E-state index in [2.05, 4.69) is 9.84 Å². The summed E-state index contributed by atoms with van der Waals surface area (Å²) in [5.41, 5.74) is 0.299. The summed E-state index contributed by atoms with van der Waals surface area (Å²) < 4.78 is 35.1. The number of hydrogen-bond acceptors (Lipinski definition) is 4. The summed E-state index contributed by atoms with van der Waals surface area (Å²) in [5, 5.41) is 4.40. The second-order valence-corrected chi connectivity index (χ2v) is 4.29. The number of hydrogen-bond donors (Lipinski definition) is 0. The highest BCUT2D eigenvalue weighted by atomic mass is 35.5. The first-order valence-corrected chi connectivity index (χ1v) is 6.37. The lowest BCUT2D eigenvalue weighted by Crippen LogP contribution is -2.08. The molecule has 0 bridgehead atoms. The van der Waals surface area contributed by atoms with Crippen LogP contribution in [0.15, 0.2) is 30.3 Å². The summed E-state index contributed by atoms with van der Waals surface area (Å²) in [6.45, 7) is -1.26. The van der Waals surface area contributed by atoms with Gasteiger partial charge in [0, 0.05) is 11.1 Å². The molecule has 0 fully saturated rings. The molecule has 21 heavy (non-hydrogen) atoms. The van der Waals surface area contributed by atoms with E-state index in [9.17, 15) is 13.6 Å². The summed E-state index contributed by atoms with van der Waals surface area (Å²) in [4.78, 5) is 11.6. The zero-order chi connectivity index (χ0) is 15.4. The molecule has 0 unspecified atom stereocenters. The minimum absolute atomic E-state index is 0.123. The molecule has 2 rings (SSSR count). The molecule has 112 valence electrons. The van der Waals surface area contributed by atoms with Crippen LogP contribution in [0, 0.1) is 0 Å². The highest BCUT2D eigenvalue weighted by molar-refractivity contribution is 6.30. The van der Waals surface area contributed by atoms with Crippen LogP contribution in [-0.4, -0.2) is 29.0 Å². The summed E-state index contributed by atoms with van der Waals surface area (Å²) in [6.07, 6.45) is 0. The van der Waals surface area contributed by atoms with Crippen molar-refractivity contribution in [3.8, 4) is 11.6 Å². The number of alkyl halides is 2. The molecule has 0 saturated heterocycles. The number of carbonyl (C=O) groups is 1. The van der Waals surface area contributed by atoms with E-state index in [-0.39, 0.29) is 18.2 Å². The van der Waals surface area contributed by atoms with Crippen molar-refractivity contribution < 1.29 is 23.0 Å². The third-order valence-corrected chi connectivity index (χ3v) is 2.69. The number of esters is 1. The van der Waals surface area contributed by atoms with Crippen molar-refractivity contribution in [3.05, 3.63) is 41.0 Å². The van der Waals surface area contributed by atoms with Gasteiger partial charge in [-0.1, -0.05) is 11.6 Å². The van der Waals surface area contributed by atoms with Gasteiger partial charge >= 0.3 is 12.6 Å². The summed E-state index contributed by atoms with van der Waals surface area (Å²) >= 11 is 5.77. The summed E-state index contributed by atoms with van der Waals surface area (Å²) in [7, 11) is 0. The van der Waals surface area contributed by atoms with Crippen LogP contribution in [0.3, 0.4) is 0 Å². The first-order chi connectivity index (χ1) is 10.0. The molecular weight excluding hydrogens is 306 g/mol. The largest absolute Gasteiger partial charge is 0.461 e. The average Bonchev–Trinajstić information content (AvgIpc) is 2.83. The van der Waals surface area contributed by atoms with Crippen molar-refractivity contribution in [1.29, 1.82) is 0 Å². The third-order valence-electron chi connectivity index (χ3n) is 2.44. The predicted molar refractivity (Wildman–Crippen MR) is 71.2 cm³/mol. The van der Waals surface area contributed by atoms with E-state index in [1.54, 1.807) is 31.2 Å². The fourth-order valence-electron chi connectivity index (χ4n) is 1.61. The summed E-state index contributed by atoms with van der Waals surface area (Å²) in [6, 6.07) is 7.34. The first kappa shape index (κ1) is 15.2. The SMILES string of the molecule is CCOC(=O)c1cc(OC(F)F)n(-c2ccc(Cl)cc2)n1. The standard InChI is InChI=1S/C13H11ClF2N2O3/c1-2-20-12(19)10-7-11(21-13(15)16)18(17-10)9-5-3-8(14)4-6-9/h3-7,13H,2H2,1H3. The van der Waals surface area contributed by atoms with Crippen LogP contribution >= 0.6 is 11.6 Å². The Morgan fingerprint density at radius 3 is 2.62 bits per heavy atom. The Balaban J connectivity index is 2.41. The summed E-state index contributed by atoms with van der Waals surface area (Å²) in [5.74, 6) is -0.986. The molecule has 0 radical (unpaired) electrons. The van der Waals surface area contributed by atoms with E-state index in [4.69, 9.17) is 16.3 Å². The topological polar surface area (TPSA) is 53.4 Å². The monoisotopic (exact) mass is 316 g/mol. The molecule has 0 aliphatic heterocycles. The van der Waals surface area contributed by atoms with Gasteiger partial charge in [-0.25, -0.2) is 9.48 Å². The van der Waals surface area contributed by atoms with Crippen molar-refractivity contribution in [2.75, 3.05) is 6.61 Å². The number of benzene rings is 1. The zero-order valence-corrected chi connectivity index (χ0v) is 11.7. The van der Waals surface area contributed by atoms with E-state index >= 15 is 0 Å². The van der Waals surface area contributed by atoms with Crippen LogP contribution in [0.1, 0.15) is 17.4 Å². The minimum Gasteiger partial charge on any atom is -0.461 e. The lowest BCUT2D eigenvalue weighted by molar-refractivity contribution is -0.0544. The van der Waals surface area contributed by atoms with Crippen LogP contribution in [0.25, 0.3) is 5.69 Å². The molecule has 0 atom stereocenters. The lowest BCUT2D eigenvalue weighted by atomic mass is 10.3. The molecular formula is C13H11ClF2N2O3. The van der Waals surface area contributed by atoms with Gasteiger partial charge in [0.1, 0.15) is 0 Å². The Morgan fingerprint density at radius 1 is 1.38 bits per heavy atom. The smallest absolute Gasteiger partial charge is 0.388 e. The van der Waals surface area contributed by atoms with E-state index < -0.39 is 12.6 Å². The molecule has 0 aliphatic carbocycles. The quantitative estimate of drug-likeness (QED) is 0.794. The van der Waals surface area contributed by atoms with Crippen LogP contribution in [0.2, 0.25) is 5.02 Å². The van der Waals surface area contributed by atoms with Crippen molar-refractivity contribution in [3.63, 3.8) is 0 Å². The Bertz CT molecular complexity index is 629. The molecule has 0 aliphatic rings. The van der Waals surface area contributed by atoms with Gasteiger partial charge in [0.15, 0.2) is 5.69 Å². The zero-order valence-electron chi connectivity index (χ0n) is 10.9. The number of aromatic nitrogens is 2. The Morgan fingerprint density at radius 2 is 2.05 bits per heavy atom. The number of carbonyl (C=O) groups excluding carboxylic acids is 1. The molecule has 1 aromatic heterocycles. The normalized spacial score (nSPS) is 10.7. The maximum absolute atomic E-state index is 12.4. The minimum atomic E-state index is -3.04. The predicted octanol–water partition coefficient (Wildman–Crippen LogP) is 3.30. The van der Waals surface area contributed by atoms with Crippen molar-refractivity contribution in [2.45, 2.75) is 13.5 Å². The van der Waals surface area contributed by atoms with E-state index in [0.717, 1.165) is 10.7 Å². The second-order valence-electron chi connectivity index (χ2n) is 3.86. The first-order valence-electron chi connectivity index (χ1n) is 5.99. The van der Waals surface area contributed by atoms with Gasteiger partial charge in [0.2, 0.25) is 5.88 Å². The van der Waals surface area contributed by atoms with Gasteiger partial charge in [-0.05, 0) is 31.2 Å². The van der Waals surface area contributed by atoms with E-state index in [1.807, 2.05) is 0 Å². The second kappa shape index (κ2) is 6.53. The van der Waals surface area contributed by atoms with Gasteiger partial charge in [0.25, 0.3) is 0 Å². The molecule has 0 amide bonds. The molecule has 2 aromatic rings. The van der Waals surface area contributed by atoms with Crippen molar-refractivity contribution in [2.24, 2.45) is 0 Å². The molecule has 0 spiro atoms. The molecule has 0 saturated carbocycles. The fraction of sp³-hybridized carbons (Fsp3) is 0.231. The van der Waals surface area contributed by atoms with Crippen LogP contribution in [0.5, 0.6) is 5.88 Å². The number of rotatable bonds is 5. The number of ether oxygens (including phenoxy) is 2. The van der Waals surface area contributed by atoms with Crippen molar-refractivity contribution in [1.82, 2.24) is 9.78 Å². The van der Waals surface area contributed by atoms with Crippen LogP contribution < -0.4 is 4.74 Å². The number of nitrogens with zero attached hydrogens (tertiary/aromatic N) is 2. The maximum atomic E-state index is 12.4. The van der Waals surface area contributed by atoms with Gasteiger partial charge < -0.3 is 9.47 Å². The van der Waals surface area contributed by atoms with Gasteiger partial charge in [-0.15, -0.1) is 0 Å². The van der Waals surface area contributed by atoms with Crippen LogP contribution in [-0.2, 0) is 4.74 Å². The Kier molecular flexibility index (Phi) is 4.74. The van der Waals surface area contributed by atoms with Crippen LogP contribution in [0.4, 0.5) is 8.78 Å². The molecule has 0 N–H and O–H groups in total. The third kappa shape index (κ3) is 3.69.